The summed E-state index contributed by atoms with van der Waals surface area (Å²) in [6.07, 6.45) is 2.12. The lowest BCUT2D eigenvalue weighted by Gasteiger charge is -2.20. The number of anilines is 2. The summed E-state index contributed by atoms with van der Waals surface area (Å²) >= 11 is 0. The van der Waals surface area contributed by atoms with Gasteiger partial charge in [-0.3, -0.25) is 4.40 Å². The molecule has 1 aromatic carbocycles. The fourth-order valence-electron chi connectivity index (χ4n) is 2.67. The summed E-state index contributed by atoms with van der Waals surface area (Å²) in [5.41, 5.74) is 1.41. The largest absolute Gasteiger partial charge is 0.496 e. The first-order valence-electron chi connectivity index (χ1n) is 8.10. The van der Waals surface area contributed by atoms with Gasteiger partial charge in [0.05, 0.1) is 7.11 Å². The molecule has 136 valence electrons. The monoisotopic (exact) mass is 356 g/mol. The smallest absolute Gasteiger partial charge is 0.414 e. The van der Waals surface area contributed by atoms with Crippen molar-refractivity contribution in [1.29, 1.82) is 0 Å². The van der Waals surface area contributed by atoms with Crippen LogP contribution in [0, 0.1) is 0 Å². The lowest BCUT2D eigenvalue weighted by Crippen LogP contribution is -2.37. The molecule has 0 aliphatic heterocycles. The quantitative estimate of drug-likeness (QED) is 0.699. The number of fused-ring (bicyclic) bond motifs is 1. The van der Waals surface area contributed by atoms with Crippen molar-refractivity contribution in [3.8, 4) is 5.75 Å². The number of ether oxygens (including phenoxy) is 1. The maximum Gasteiger partial charge on any atom is 0.414 e. The van der Waals surface area contributed by atoms with E-state index in [-0.39, 0.29) is 12.0 Å². The molecule has 9 nitrogen and oxygen atoms in total. The van der Waals surface area contributed by atoms with Crippen molar-refractivity contribution < 1.29 is 14.6 Å². The molecule has 0 fully saturated rings. The minimum absolute atomic E-state index is 0.227. The van der Waals surface area contributed by atoms with Gasteiger partial charge >= 0.3 is 6.09 Å². The number of benzene rings is 1. The van der Waals surface area contributed by atoms with Crippen LogP contribution in [0.15, 0.2) is 36.7 Å². The van der Waals surface area contributed by atoms with Crippen molar-refractivity contribution in [2.45, 2.75) is 26.4 Å². The van der Waals surface area contributed by atoms with E-state index in [9.17, 15) is 9.90 Å². The van der Waals surface area contributed by atoms with Gasteiger partial charge in [0.2, 0.25) is 11.6 Å². The van der Waals surface area contributed by atoms with E-state index < -0.39 is 6.09 Å². The summed E-state index contributed by atoms with van der Waals surface area (Å²) in [4.78, 5) is 17.0. The number of methoxy groups -OCH3 is 1. The first kappa shape index (κ1) is 17.5. The number of nitrogens with zero attached hydrogens (tertiary/aromatic N) is 5. The summed E-state index contributed by atoms with van der Waals surface area (Å²) < 4.78 is 6.95. The Morgan fingerprint density at radius 3 is 2.81 bits per heavy atom. The number of carboxylic acid groups (broad SMARTS) is 1. The second-order valence-corrected chi connectivity index (χ2v) is 5.88. The molecule has 0 spiro atoms. The molecule has 1 amide bonds. The summed E-state index contributed by atoms with van der Waals surface area (Å²) in [6.45, 7) is 4.03. The minimum atomic E-state index is -1.09. The third-order valence-corrected chi connectivity index (χ3v) is 3.89. The predicted molar refractivity (Wildman–Crippen MR) is 96.7 cm³/mol. The van der Waals surface area contributed by atoms with Gasteiger partial charge in [-0.25, -0.2) is 14.7 Å². The minimum Gasteiger partial charge on any atom is -0.496 e. The topological polar surface area (TPSA) is 105 Å². The van der Waals surface area contributed by atoms with Crippen LogP contribution in [0.4, 0.5) is 16.6 Å². The number of rotatable bonds is 6. The van der Waals surface area contributed by atoms with Gasteiger partial charge in [-0.1, -0.05) is 18.2 Å². The molecule has 0 saturated carbocycles. The number of carbonyl (C=O) groups is 1. The zero-order valence-corrected chi connectivity index (χ0v) is 14.7. The molecule has 2 N–H and O–H groups in total. The molecule has 0 bridgehead atoms. The molecule has 2 heterocycles. The van der Waals surface area contributed by atoms with Crippen molar-refractivity contribution in [2.75, 3.05) is 17.3 Å². The Morgan fingerprint density at radius 1 is 1.35 bits per heavy atom. The van der Waals surface area contributed by atoms with Crippen molar-refractivity contribution in [2.24, 2.45) is 0 Å². The van der Waals surface area contributed by atoms with Crippen LogP contribution in [0.3, 0.4) is 0 Å². The fraction of sp³-hybridized carbons (Fsp3) is 0.294. The van der Waals surface area contributed by atoms with Gasteiger partial charge in [-0.05, 0) is 19.9 Å². The van der Waals surface area contributed by atoms with E-state index >= 15 is 0 Å². The molecule has 9 heteroatoms. The van der Waals surface area contributed by atoms with Crippen LogP contribution in [0.2, 0.25) is 0 Å². The molecule has 26 heavy (non-hydrogen) atoms. The van der Waals surface area contributed by atoms with Gasteiger partial charge in [0, 0.05) is 30.5 Å². The number of amides is 1. The first-order valence-corrected chi connectivity index (χ1v) is 8.10. The highest BCUT2D eigenvalue weighted by molar-refractivity contribution is 5.85. The molecular weight excluding hydrogens is 336 g/mol. The van der Waals surface area contributed by atoms with Crippen LogP contribution in [0.25, 0.3) is 5.65 Å². The Bertz CT molecular complexity index is 924. The van der Waals surface area contributed by atoms with E-state index in [1.165, 1.54) is 0 Å². The normalized spacial score (nSPS) is 10.9. The average Bonchev–Trinajstić information content (AvgIpc) is 3.04. The van der Waals surface area contributed by atoms with E-state index in [2.05, 4.69) is 20.5 Å². The van der Waals surface area contributed by atoms with Crippen LogP contribution in [-0.4, -0.2) is 43.9 Å². The Morgan fingerprint density at radius 2 is 2.12 bits per heavy atom. The van der Waals surface area contributed by atoms with E-state index in [4.69, 9.17) is 4.74 Å². The summed E-state index contributed by atoms with van der Waals surface area (Å²) in [5, 5.41) is 20.8. The zero-order valence-electron chi connectivity index (χ0n) is 14.7. The lowest BCUT2D eigenvalue weighted by atomic mass is 10.2. The second-order valence-electron chi connectivity index (χ2n) is 5.88. The standard InChI is InChI=1S/C17H20N6O3/c1-11(2)23(17(24)25)16-21-20-15-14(18-8-9-22(15)16)19-10-12-6-4-5-7-13(12)26-3/h4-9,11H,10H2,1-3H3,(H,18,19)(H,24,25). The first-order chi connectivity index (χ1) is 12.5. The Kier molecular flexibility index (Phi) is 4.87. The molecule has 0 radical (unpaired) electrons. The van der Waals surface area contributed by atoms with Crippen LogP contribution < -0.4 is 15.0 Å². The fourth-order valence-corrected chi connectivity index (χ4v) is 2.67. The van der Waals surface area contributed by atoms with Crippen molar-refractivity contribution in [1.82, 2.24) is 19.6 Å². The SMILES string of the molecule is COc1ccccc1CNc1nccn2c(N(C(=O)O)C(C)C)nnc12. The number of hydrogen-bond acceptors (Lipinski definition) is 6. The Balaban J connectivity index is 1.92. The van der Waals surface area contributed by atoms with E-state index in [1.807, 2.05) is 24.3 Å². The van der Waals surface area contributed by atoms with Crippen molar-refractivity contribution in [3.63, 3.8) is 0 Å². The van der Waals surface area contributed by atoms with E-state index in [0.29, 0.717) is 18.0 Å². The van der Waals surface area contributed by atoms with Crippen molar-refractivity contribution >= 4 is 23.5 Å². The number of nitrogens with one attached hydrogen (secondary N) is 1. The van der Waals surface area contributed by atoms with Gasteiger partial charge in [0.1, 0.15) is 5.75 Å². The molecule has 3 rings (SSSR count). The maximum atomic E-state index is 11.5. The van der Waals surface area contributed by atoms with Crippen LogP contribution in [0.5, 0.6) is 5.75 Å². The molecule has 0 aliphatic carbocycles. The molecule has 0 atom stereocenters. The molecule has 0 aliphatic rings. The average molecular weight is 356 g/mol. The predicted octanol–water partition coefficient (Wildman–Crippen LogP) is 2.64. The molecular formula is C17H20N6O3. The van der Waals surface area contributed by atoms with E-state index in [0.717, 1.165) is 16.2 Å². The second kappa shape index (κ2) is 7.26. The van der Waals surface area contributed by atoms with Crippen molar-refractivity contribution in [3.05, 3.63) is 42.2 Å². The van der Waals surface area contributed by atoms with Crippen LogP contribution >= 0.6 is 0 Å². The van der Waals surface area contributed by atoms with Gasteiger partial charge in [-0.2, -0.15) is 0 Å². The Hall–Kier alpha value is -3.36. The molecule has 0 unspecified atom stereocenters. The van der Waals surface area contributed by atoms with Gasteiger partial charge < -0.3 is 15.2 Å². The highest BCUT2D eigenvalue weighted by Gasteiger charge is 2.24. The van der Waals surface area contributed by atoms with Gasteiger partial charge in [0.15, 0.2) is 5.82 Å². The third-order valence-electron chi connectivity index (χ3n) is 3.89. The Labute approximate surface area is 150 Å². The summed E-state index contributed by atoms with van der Waals surface area (Å²) in [5.74, 6) is 1.50. The molecule has 2 aromatic heterocycles. The third kappa shape index (κ3) is 3.23. The van der Waals surface area contributed by atoms with Crippen LogP contribution in [0.1, 0.15) is 19.4 Å². The summed E-state index contributed by atoms with van der Waals surface area (Å²) in [7, 11) is 1.62. The summed E-state index contributed by atoms with van der Waals surface area (Å²) in [6, 6.07) is 7.38. The number of para-hydroxylation sites is 1. The molecule has 3 aromatic rings. The van der Waals surface area contributed by atoms with Gasteiger partial charge in [-0.15, -0.1) is 10.2 Å². The maximum absolute atomic E-state index is 11.5. The lowest BCUT2D eigenvalue weighted by molar-refractivity contribution is 0.199. The van der Waals surface area contributed by atoms with E-state index in [1.54, 1.807) is 37.8 Å². The van der Waals surface area contributed by atoms with Crippen LogP contribution in [-0.2, 0) is 6.54 Å². The number of hydrogen-bond donors (Lipinski definition) is 2. The highest BCUT2D eigenvalue weighted by atomic mass is 16.5. The number of aromatic nitrogens is 4. The zero-order chi connectivity index (χ0) is 18.7. The molecule has 0 saturated heterocycles. The van der Waals surface area contributed by atoms with Gasteiger partial charge in [0.25, 0.3) is 0 Å². The highest BCUT2D eigenvalue weighted by Crippen LogP contribution is 2.22.